The Balaban J connectivity index is 0.00000147. The van der Waals surface area contributed by atoms with E-state index in [0.29, 0.717) is 0 Å². The largest absolute Gasteiger partial charge is 1.00 e. The van der Waals surface area contributed by atoms with E-state index in [1.165, 1.54) is 64.6 Å². The molecule has 0 bridgehead atoms. The second-order valence-corrected chi connectivity index (χ2v) is 14.4. The zero-order valence-corrected chi connectivity index (χ0v) is 24.5. The zero-order valence-electron chi connectivity index (χ0n) is 21.4. The van der Waals surface area contributed by atoms with E-state index in [1.54, 1.807) is 13.3 Å². The van der Waals surface area contributed by atoms with E-state index in [9.17, 15) is 0 Å². The summed E-state index contributed by atoms with van der Waals surface area (Å²) in [5.74, 6) is 0. The number of allylic oxidation sites excluding steroid dienone is 4. The quantitative estimate of drug-likeness (QED) is 0.292. The van der Waals surface area contributed by atoms with E-state index in [0.717, 1.165) is 12.8 Å². The van der Waals surface area contributed by atoms with Crippen LogP contribution in [0, 0.1) is 0 Å². The molecular weight excluding hydrogens is 539 g/mol. The van der Waals surface area contributed by atoms with Gasteiger partial charge < -0.3 is 24.8 Å². The van der Waals surface area contributed by atoms with Crippen molar-refractivity contribution in [3.8, 4) is 33.4 Å². The van der Waals surface area contributed by atoms with Crippen molar-refractivity contribution in [2.75, 3.05) is 0 Å². The molecule has 0 aliphatic heterocycles. The number of hydrogen-bond donors (Lipinski definition) is 0. The van der Waals surface area contributed by atoms with E-state index < -0.39 is 17.4 Å². The maximum absolute atomic E-state index is 2.48. The van der Waals surface area contributed by atoms with Gasteiger partial charge in [0.05, 0.1) is 0 Å². The molecule has 188 valence electrons. The molecule has 0 heterocycles. The van der Waals surface area contributed by atoms with Crippen molar-refractivity contribution in [3.05, 3.63) is 124 Å². The average Bonchev–Trinajstić information content (AvgIpc) is 3.72. The summed E-state index contributed by atoms with van der Waals surface area (Å²) in [5.41, 5.74) is 11.5. The topological polar surface area (TPSA) is 0 Å². The molecule has 0 amide bonds. The van der Waals surface area contributed by atoms with Crippen LogP contribution < -0.4 is 28.7 Å². The fourth-order valence-corrected chi connectivity index (χ4v) is 12.1. The molecule has 0 N–H and O–H groups in total. The van der Waals surface area contributed by atoms with Crippen LogP contribution in [0.15, 0.2) is 113 Å². The van der Waals surface area contributed by atoms with Crippen molar-refractivity contribution in [2.24, 2.45) is 0 Å². The first-order valence-corrected chi connectivity index (χ1v) is 15.7. The molecule has 3 aliphatic carbocycles. The van der Waals surface area contributed by atoms with Crippen LogP contribution in [0.2, 0.25) is 0 Å². The molecule has 0 unspecified atom stereocenters. The predicted molar refractivity (Wildman–Crippen MR) is 151 cm³/mol. The van der Waals surface area contributed by atoms with Crippen LogP contribution in [0.1, 0.15) is 43.2 Å². The van der Waals surface area contributed by atoms with Gasteiger partial charge in [-0.25, -0.2) is 0 Å². The van der Waals surface area contributed by atoms with Crippen molar-refractivity contribution in [1.82, 2.24) is 0 Å². The molecule has 1 saturated carbocycles. The summed E-state index contributed by atoms with van der Waals surface area (Å²) in [6.07, 6.45) is 14.8. The second-order valence-electron chi connectivity index (χ2n) is 10.3. The second kappa shape index (κ2) is 11.7. The molecule has 0 atom stereocenters. The Labute approximate surface area is 244 Å². The van der Waals surface area contributed by atoms with E-state index in [1.807, 2.05) is 3.81 Å². The normalized spacial score (nSPS) is 14.6. The molecule has 38 heavy (non-hydrogen) atoms. The Morgan fingerprint density at radius 1 is 0.605 bits per heavy atom. The molecule has 0 saturated heterocycles. The minimum atomic E-state index is -1.81. The maximum Gasteiger partial charge on any atom is -1.00 e. The summed E-state index contributed by atoms with van der Waals surface area (Å²) in [6.45, 7) is 0. The number of benzene rings is 4. The van der Waals surface area contributed by atoms with Crippen molar-refractivity contribution >= 4 is 7.68 Å². The van der Waals surface area contributed by atoms with Crippen LogP contribution >= 0.6 is 0 Å². The molecule has 0 radical (unpaired) electrons. The smallest absolute Gasteiger partial charge is 1.00 e. The van der Waals surface area contributed by atoms with Gasteiger partial charge in [0.25, 0.3) is 0 Å². The van der Waals surface area contributed by atoms with Crippen LogP contribution in [0.25, 0.3) is 33.4 Å². The number of rotatable bonds is 4. The summed E-state index contributed by atoms with van der Waals surface area (Å²) in [5, 5.41) is 0. The molecule has 0 spiro atoms. The molecule has 3 aliphatic rings. The third-order valence-corrected chi connectivity index (χ3v) is 13.3. The third kappa shape index (κ3) is 4.85. The van der Waals surface area contributed by atoms with Crippen LogP contribution in [0.4, 0.5) is 0 Å². The molecule has 0 aromatic heterocycles. The van der Waals surface area contributed by atoms with Crippen molar-refractivity contribution in [1.29, 1.82) is 0 Å². The summed E-state index contributed by atoms with van der Waals surface area (Å²) in [4.78, 5) is 0. The van der Waals surface area contributed by atoms with Gasteiger partial charge in [0.2, 0.25) is 0 Å². The molecule has 3 heteroatoms. The van der Waals surface area contributed by atoms with Crippen molar-refractivity contribution in [2.45, 2.75) is 38.5 Å². The first-order valence-electron chi connectivity index (χ1n) is 13.4. The Morgan fingerprint density at radius 3 is 1.95 bits per heavy atom. The summed E-state index contributed by atoms with van der Waals surface area (Å²) in [7, 11) is 0. The van der Waals surface area contributed by atoms with Crippen LogP contribution in [0.3, 0.4) is 0 Å². The average molecular weight is 569 g/mol. The van der Waals surface area contributed by atoms with E-state index in [4.69, 9.17) is 0 Å². The molecule has 0 nitrogen and oxygen atoms in total. The molecule has 4 aromatic rings. The van der Waals surface area contributed by atoms with Gasteiger partial charge in [0.15, 0.2) is 0 Å². The monoisotopic (exact) mass is 568 g/mol. The Kier molecular flexibility index (Phi) is 8.36. The Hall–Kier alpha value is -2.48. The fraction of sp³-hybridized carbons (Fsp3) is 0.171. The zero-order chi connectivity index (χ0) is 23.9. The Morgan fingerprint density at radius 2 is 1.26 bits per heavy atom. The maximum atomic E-state index is 2.48. The Bertz CT molecular complexity index is 1550. The summed E-state index contributed by atoms with van der Waals surface area (Å²) >= 11 is -1.81. The molecular formula is C35H30Cl2Ti. The van der Waals surface area contributed by atoms with E-state index in [2.05, 4.69) is 109 Å². The SMILES string of the molecule is C1=CC[C]([Ti+2](=[C]2CCCC2)[c]2c(-c3ccccc3)ccc3c2Cc2cc(-c4ccccc4)ccc2-3)=C1.[Cl-].[Cl-]. The van der Waals surface area contributed by atoms with Gasteiger partial charge in [0.1, 0.15) is 0 Å². The minimum absolute atomic E-state index is 0. The number of halogens is 2. The van der Waals surface area contributed by atoms with Crippen LogP contribution in [-0.4, -0.2) is 3.81 Å². The molecule has 7 rings (SSSR count). The minimum Gasteiger partial charge on any atom is -1.00 e. The van der Waals surface area contributed by atoms with Crippen molar-refractivity contribution < 1.29 is 42.2 Å². The van der Waals surface area contributed by atoms with Gasteiger partial charge in [-0.15, -0.1) is 0 Å². The van der Waals surface area contributed by atoms with Gasteiger partial charge >= 0.3 is 221 Å². The fourth-order valence-electron chi connectivity index (χ4n) is 6.48. The first-order chi connectivity index (χ1) is 17.9. The van der Waals surface area contributed by atoms with Crippen molar-refractivity contribution in [3.63, 3.8) is 0 Å². The van der Waals surface area contributed by atoms with Gasteiger partial charge in [-0.1, -0.05) is 0 Å². The van der Waals surface area contributed by atoms with Gasteiger partial charge in [-0.05, 0) is 0 Å². The molecule has 4 aromatic carbocycles. The molecule has 1 fully saturated rings. The van der Waals surface area contributed by atoms with Crippen LogP contribution in [0.5, 0.6) is 0 Å². The number of hydrogen-bond acceptors (Lipinski definition) is 0. The predicted octanol–water partition coefficient (Wildman–Crippen LogP) is 2.43. The summed E-state index contributed by atoms with van der Waals surface area (Å²) < 4.78 is 5.40. The van der Waals surface area contributed by atoms with E-state index >= 15 is 0 Å². The van der Waals surface area contributed by atoms with Gasteiger partial charge in [-0.2, -0.15) is 0 Å². The first kappa shape index (κ1) is 27.1. The van der Waals surface area contributed by atoms with Crippen LogP contribution in [-0.2, 0) is 23.8 Å². The van der Waals surface area contributed by atoms with Gasteiger partial charge in [0, 0.05) is 0 Å². The van der Waals surface area contributed by atoms with Gasteiger partial charge in [-0.3, -0.25) is 0 Å². The standard InChI is InChI=1S/C25H17.C5H8.C5H5.2ClH.Ti/c1-3-7-18(8-4-1)20-11-13-24-22(15-20)17-23-16-21(12-14-25(23)24)19-9-5-2-6-10-19;2*1-2-4-5-3-1;;;/h1-15H,17H2;1-4H2;1-3H,4H2;2*1H;/q;;;;;+2/p-2. The number of fused-ring (bicyclic) bond motifs is 3. The third-order valence-electron chi connectivity index (χ3n) is 8.17. The summed E-state index contributed by atoms with van der Waals surface area (Å²) in [6, 6.07) is 34.0. The van der Waals surface area contributed by atoms with E-state index in [-0.39, 0.29) is 24.8 Å².